The van der Waals surface area contributed by atoms with Gasteiger partial charge in [-0.05, 0) is 30.9 Å². The monoisotopic (exact) mass is 201 g/mol. The van der Waals surface area contributed by atoms with Gasteiger partial charge in [-0.15, -0.1) is 0 Å². The van der Waals surface area contributed by atoms with Gasteiger partial charge >= 0.3 is 0 Å². The molecule has 0 amide bonds. The molecule has 1 N–H and O–H groups in total. The van der Waals surface area contributed by atoms with E-state index >= 15 is 0 Å². The average molecular weight is 201 g/mol. The third-order valence-electron chi connectivity index (χ3n) is 2.91. The molecule has 1 aromatic heterocycles. The molecule has 2 rings (SSSR count). The third kappa shape index (κ3) is 2.69. The Morgan fingerprint density at radius 1 is 1.40 bits per heavy atom. The molecule has 0 saturated heterocycles. The van der Waals surface area contributed by atoms with Gasteiger partial charge in [0.25, 0.3) is 0 Å². The third-order valence-corrected chi connectivity index (χ3v) is 2.91. The van der Waals surface area contributed by atoms with Crippen molar-refractivity contribution >= 4 is 5.82 Å². The van der Waals surface area contributed by atoms with Gasteiger partial charge in [-0.2, -0.15) is 5.26 Å². The molecule has 3 heteroatoms. The van der Waals surface area contributed by atoms with E-state index in [1.165, 1.54) is 25.7 Å². The predicted octanol–water partition coefficient (Wildman–Crippen LogP) is 2.56. The van der Waals surface area contributed by atoms with Crippen LogP contribution in [0.3, 0.4) is 0 Å². The first-order valence-electron chi connectivity index (χ1n) is 5.49. The van der Waals surface area contributed by atoms with Crippen LogP contribution in [0.5, 0.6) is 0 Å². The summed E-state index contributed by atoms with van der Waals surface area (Å²) in [5.74, 6) is 1.61. The van der Waals surface area contributed by atoms with Crippen LogP contribution >= 0.6 is 0 Å². The first kappa shape index (κ1) is 9.97. The number of rotatable bonds is 3. The molecule has 3 nitrogen and oxygen atoms in total. The Bertz CT molecular complexity index is 361. The molecule has 0 unspecified atom stereocenters. The van der Waals surface area contributed by atoms with Gasteiger partial charge in [-0.1, -0.05) is 18.9 Å². The number of hydrogen-bond acceptors (Lipinski definition) is 3. The summed E-state index contributed by atoms with van der Waals surface area (Å²) in [4.78, 5) is 4.18. The fourth-order valence-corrected chi connectivity index (χ4v) is 2.06. The Balaban J connectivity index is 1.90. The molecule has 0 radical (unpaired) electrons. The maximum atomic E-state index is 8.70. The highest BCUT2D eigenvalue weighted by Gasteiger charge is 2.14. The quantitative estimate of drug-likeness (QED) is 0.817. The second-order valence-corrected chi connectivity index (χ2v) is 4.05. The summed E-state index contributed by atoms with van der Waals surface area (Å²) in [5, 5.41) is 12.0. The molecular formula is C12H15N3. The number of nitrogens with one attached hydrogen (secondary N) is 1. The molecule has 0 aliphatic heterocycles. The van der Waals surface area contributed by atoms with Crippen molar-refractivity contribution in [3.8, 4) is 6.07 Å². The molecule has 1 fully saturated rings. The molecule has 1 saturated carbocycles. The van der Waals surface area contributed by atoms with Crippen molar-refractivity contribution in [2.75, 3.05) is 11.9 Å². The normalized spacial score (nSPS) is 16.2. The second-order valence-electron chi connectivity index (χ2n) is 4.05. The molecule has 1 aliphatic carbocycles. The molecule has 1 aliphatic rings. The molecule has 0 atom stereocenters. The van der Waals surface area contributed by atoms with Gasteiger partial charge in [0.1, 0.15) is 17.6 Å². The molecule has 1 aromatic rings. The highest BCUT2D eigenvalue weighted by atomic mass is 15.0. The van der Waals surface area contributed by atoms with Crippen molar-refractivity contribution in [2.24, 2.45) is 5.92 Å². The van der Waals surface area contributed by atoms with Crippen molar-refractivity contribution in [1.29, 1.82) is 5.26 Å². The summed E-state index contributed by atoms with van der Waals surface area (Å²) < 4.78 is 0. The van der Waals surface area contributed by atoms with Gasteiger partial charge in [0.15, 0.2) is 0 Å². The van der Waals surface area contributed by atoms with Gasteiger partial charge in [0.2, 0.25) is 0 Å². The van der Waals surface area contributed by atoms with Gasteiger partial charge in [0, 0.05) is 6.54 Å². The Kier molecular flexibility index (Phi) is 3.18. The minimum absolute atomic E-state index is 0.478. The maximum absolute atomic E-state index is 8.70. The Morgan fingerprint density at radius 3 is 2.93 bits per heavy atom. The van der Waals surface area contributed by atoms with Crippen LogP contribution in [0.15, 0.2) is 18.2 Å². The lowest BCUT2D eigenvalue weighted by Crippen LogP contribution is -2.11. The van der Waals surface area contributed by atoms with E-state index in [0.717, 1.165) is 18.3 Å². The largest absolute Gasteiger partial charge is 0.370 e. The van der Waals surface area contributed by atoms with Gasteiger partial charge < -0.3 is 5.32 Å². The van der Waals surface area contributed by atoms with Crippen molar-refractivity contribution < 1.29 is 0 Å². The van der Waals surface area contributed by atoms with E-state index in [9.17, 15) is 0 Å². The standard InChI is InChI=1S/C12H15N3/c13-8-11-6-3-7-12(15-11)14-9-10-4-1-2-5-10/h3,6-7,10H,1-2,4-5,9H2,(H,14,15). The zero-order valence-corrected chi connectivity index (χ0v) is 8.74. The molecule has 78 valence electrons. The summed E-state index contributed by atoms with van der Waals surface area (Å²) in [5.41, 5.74) is 0.478. The number of aromatic nitrogens is 1. The van der Waals surface area contributed by atoms with Crippen LogP contribution in [0.2, 0.25) is 0 Å². The van der Waals surface area contributed by atoms with Crippen LogP contribution in [0.1, 0.15) is 31.4 Å². The summed E-state index contributed by atoms with van der Waals surface area (Å²) in [6.45, 7) is 0.988. The van der Waals surface area contributed by atoms with E-state index in [0.29, 0.717) is 5.69 Å². The van der Waals surface area contributed by atoms with E-state index in [2.05, 4.69) is 10.3 Å². The Hall–Kier alpha value is -1.56. The van der Waals surface area contributed by atoms with E-state index in [4.69, 9.17) is 5.26 Å². The van der Waals surface area contributed by atoms with Gasteiger partial charge in [-0.3, -0.25) is 0 Å². The van der Waals surface area contributed by atoms with E-state index in [1.54, 1.807) is 6.07 Å². The average Bonchev–Trinajstić information content (AvgIpc) is 2.79. The lowest BCUT2D eigenvalue weighted by molar-refractivity contribution is 0.579. The zero-order chi connectivity index (χ0) is 10.5. The van der Waals surface area contributed by atoms with Crippen molar-refractivity contribution in [3.63, 3.8) is 0 Å². The van der Waals surface area contributed by atoms with Crippen molar-refractivity contribution in [2.45, 2.75) is 25.7 Å². The highest BCUT2D eigenvalue weighted by molar-refractivity contribution is 5.38. The van der Waals surface area contributed by atoms with Crippen molar-refractivity contribution in [1.82, 2.24) is 4.98 Å². The highest BCUT2D eigenvalue weighted by Crippen LogP contribution is 2.24. The number of nitriles is 1. The van der Waals surface area contributed by atoms with E-state index < -0.39 is 0 Å². The number of nitrogens with zero attached hydrogens (tertiary/aromatic N) is 2. The Morgan fingerprint density at radius 2 is 2.20 bits per heavy atom. The smallest absolute Gasteiger partial charge is 0.142 e. The lowest BCUT2D eigenvalue weighted by atomic mass is 10.1. The minimum atomic E-state index is 0.478. The molecule has 0 aromatic carbocycles. The molecule has 0 bridgehead atoms. The first-order valence-corrected chi connectivity index (χ1v) is 5.49. The number of hydrogen-bond donors (Lipinski definition) is 1. The molecule has 1 heterocycles. The fourth-order valence-electron chi connectivity index (χ4n) is 2.06. The summed E-state index contributed by atoms with van der Waals surface area (Å²) >= 11 is 0. The van der Waals surface area contributed by atoms with Gasteiger partial charge in [-0.25, -0.2) is 4.98 Å². The van der Waals surface area contributed by atoms with Crippen LogP contribution < -0.4 is 5.32 Å². The SMILES string of the molecule is N#Cc1cccc(NCC2CCCC2)n1. The van der Waals surface area contributed by atoms with Crippen LogP contribution in [0.25, 0.3) is 0 Å². The fraction of sp³-hybridized carbons (Fsp3) is 0.500. The lowest BCUT2D eigenvalue weighted by Gasteiger charge is -2.10. The minimum Gasteiger partial charge on any atom is -0.370 e. The topological polar surface area (TPSA) is 48.7 Å². The predicted molar refractivity (Wildman–Crippen MR) is 59.4 cm³/mol. The zero-order valence-electron chi connectivity index (χ0n) is 8.74. The molecular weight excluding hydrogens is 186 g/mol. The van der Waals surface area contributed by atoms with E-state index in [1.807, 2.05) is 18.2 Å². The first-order chi connectivity index (χ1) is 7.38. The molecule has 15 heavy (non-hydrogen) atoms. The summed E-state index contributed by atoms with van der Waals surface area (Å²) in [6, 6.07) is 7.54. The number of anilines is 1. The van der Waals surface area contributed by atoms with Crippen LogP contribution in [-0.2, 0) is 0 Å². The van der Waals surface area contributed by atoms with Crippen molar-refractivity contribution in [3.05, 3.63) is 23.9 Å². The summed E-state index contributed by atoms with van der Waals surface area (Å²) in [6.07, 6.45) is 5.37. The molecule has 0 spiro atoms. The second kappa shape index (κ2) is 4.79. The van der Waals surface area contributed by atoms with Gasteiger partial charge in [0.05, 0.1) is 0 Å². The van der Waals surface area contributed by atoms with Crippen LogP contribution in [-0.4, -0.2) is 11.5 Å². The van der Waals surface area contributed by atoms with Crippen LogP contribution in [0.4, 0.5) is 5.82 Å². The number of pyridine rings is 1. The van der Waals surface area contributed by atoms with E-state index in [-0.39, 0.29) is 0 Å². The maximum Gasteiger partial charge on any atom is 0.142 e. The van der Waals surface area contributed by atoms with Crippen LogP contribution in [0, 0.1) is 17.2 Å². The Labute approximate surface area is 90.1 Å². The summed E-state index contributed by atoms with van der Waals surface area (Å²) in [7, 11) is 0.